The molecule has 0 heterocycles. The summed E-state index contributed by atoms with van der Waals surface area (Å²) in [7, 11) is 0. The van der Waals surface area contributed by atoms with E-state index in [0.29, 0.717) is 0 Å². The third-order valence-electron chi connectivity index (χ3n) is 2.67. The fourth-order valence-electron chi connectivity index (χ4n) is 1.88. The third-order valence-corrected chi connectivity index (χ3v) is 2.67. The van der Waals surface area contributed by atoms with Gasteiger partial charge in [0.25, 0.3) is 0 Å². The fourth-order valence-corrected chi connectivity index (χ4v) is 1.88. The molecule has 96 valence electrons. The van der Waals surface area contributed by atoms with Gasteiger partial charge in [-0.15, -0.1) is 0 Å². The van der Waals surface area contributed by atoms with Crippen LogP contribution < -0.4 is 10.1 Å². The van der Waals surface area contributed by atoms with Gasteiger partial charge in [-0.1, -0.05) is 19.4 Å². The maximum Gasteiger partial charge on any atom is 0.120 e. The molecule has 0 aliphatic carbocycles. The second-order valence-corrected chi connectivity index (χ2v) is 4.81. The minimum Gasteiger partial charge on any atom is -0.489 e. The van der Waals surface area contributed by atoms with Crippen LogP contribution in [0.5, 0.6) is 5.75 Å². The average molecular weight is 235 g/mol. The van der Waals surface area contributed by atoms with Crippen LogP contribution >= 0.6 is 0 Å². The highest BCUT2D eigenvalue weighted by Crippen LogP contribution is 2.17. The average Bonchev–Trinajstić information content (AvgIpc) is 2.23. The van der Waals surface area contributed by atoms with E-state index in [4.69, 9.17) is 4.74 Å². The highest BCUT2D eigenvalue weighted by molar-refractivity contribution is 5.33. The van der Waals surface area contributed by atoms with Gasteiger partial charge in [-0.05, 0) is 57.0 Å². The van der Waals surface area contributed by atoms with Crippen LogP contribution in [0.3, 0.4) is 0 Å². The molecule has 0 saturated heterocycles. The van der Waals surface area contributed by atoms with Crippen LogP contribution in [0, 0.1) is 13.8 Å². The molecular formula is C15H25NO. The van der Waals surface area contributed by atoms with Crippen LogP contribution in [-0.4, -0.2) is 19.2 Å². The second-order valence-electron chi connectivity index (χ2n) is 4.81. The zero-order valence-corrected chi connectivity index (χ0v) is 11.5. The van der Waals surface area contributed by atoms with Gasteiger partial charge in [0.15, 0.2) is 0 Å². The molecule has 1 aromatic carbocycles. The molecule has 2 heteroatoms. The maximum atomic E-state index is 5.89. The number of ether oxygens (including phenoxy) is 1. The first-order valence-corrected chi connectivity index (χ1v) is 6.57. The van der Waals surface area contributed by atoms with E-state index in [-0.39, 0.29) is 6.10 Å². The van der Waals surface area contributed by atoms with Crippen molar-refractivity contribution >= 4 is 0 Å². The van der Waals surface area contributed by atoms with E-state index >= 15 is 0 Å². The molecule has 0 spiro atoms. The van der Waals surface area contributed by atoms with Crippen molar-refractivity contribution in [2.45, 2.75) is 46.6 Å². The first-order valence-electron chi connectivity index (χ1n) is 6.57. The number of aryl methyl sites for hydroxylation is 2. The van der Waals surface area contributed by atoms with Gasteiger partial charge in [-0.25, -0.2) is 0 Å². The Balaban J connectivity index is 2.36. The molecule has 1 unspecified atom stereocenters. The summed E-state index contributed by atoms with van der Waals surface area (Å²) < 4.78 is 5.89. The van der Waals surface area contributed by atoms with E-state index in [2.05, 4.69) is 51.2 Å². The number of unbranched alkanes of at least 4 members (excludes halogenated alkanes) is 1. The summed E-state index contributed by atoms with van der Waals surface area (Å²) in [5.74, 6) is 0.979. The first-order chi connectivity index (χ1) is 8.11. The van der Waals surface area contributed by atoms with E-state index in [1.165, 1.54) is 24.0 Å². The van der Waals surface area contributed by atoms with Crippen LogP contribution in [0.1, 0.15) is 37.8 Å². The molecular weight excluding hydrogens is 210 g/mol. The summed E-state index contributed by atoms with van der Waals surface area (Å²) in [5, 5.41) is 3.41. The lowest BCUT2D eigenvalue weighted by Crippen LogP contribution is -2.29. The molecule has 0 radical (unpaired) electrons. The molecule has 0 saturated carbocycles. The van der Waals surface area contributed by atoms with Crippen molar-refractivity contribution < 1.29 is 4.74 Å². The van der Waals surface area contributed by atoms with E-state index in [1.807, 2.05) is 0 Å². The van der Waals surface area contributed by atoms with Gasteiger partial charge in [0.1, 0.15) is 11.9 Å². The molecule has 1 N–H and O–H groups in total. The number of hydrogen-bond acceptors (Lipinski definition) is 2. The molecule has 2 nitrogen and oxygen atoms in total. The Morgan fingerprint density at radius 1 is 1.18 bits per heavy atom. The topological polar surface area (TPSA) is 21.3 Å². The molecule has 1 atom stereocenters. The van der Waals surface area contributed by atoms with Gasteiger partial charge in [0.2, 0.25) is 0 Å². The zero-order valence-electron chi connectivity index (χ0n) is 11.5. The summed E-state index contributed by atoms with van der Waals surface area (Å²) in [6.07, 6.45) is 2.68. The highest BCUT2D eigenvalue weighted by Gasteiger charge is 2.04. The van der Waals surface area contributed by atoms with E-state index in [9.17, 15) is 0 Å². The second kappa shape index (κ2) is 7.33. The summed E-state index contributed by atoms with van der Waals surface area (Å²) in [5.41, 5.74) is 2.51. The lowest BCUT2D eigenvalue weighted by molar-refractivity contribution is 0.217. The molecule has 0 bridgehead atoms. The van der Waals surface area contributed by atoms with E-state index in [1.54, 1.807) is 0 Å². The predicted octanol–water partition coefficient (Wildman–Crippen LogP) is 3.46. The quantitative estimate of drug-likeness (QED) is 0.731. The monoisotopic (exact) mass is 235 g/mol. The summed E-state index contributed by atoms with van der Waals surface area (Å²) >= 11 is 0. The minimum atomic E-state index is 0.216. The van der Waals surface area contributed by atoms with Gasteiger partial charge in [0.05, 0.1) is 0 Å². The van der Waals surface area contributed by atoms with Crippen LogP contribution in [0.15, 0.2) is 18.2 Å². The summed E-state index contributed by atoms with van der Waals surface area (Å²) in [6.45, 7) is 10.5. The lowest BCUT2D eigenvalue weighted by Gasteiger charge is -2.16. The maximum absolute atomic E-state index is 5.89. The van der Waals surface area contributed by atoms with Gasteiger partial charge in [-0.3, -0.25) is 0 Å². The molecule has 1 rings (SSSR count). The van der Waals surface area contributed by atoms with Crippen molar-refractivity contribution in [1.82, 2.24) is 5.32 Å². The van der Waals surface area contributed by atoms with Crippen molar-refractivity contribution in [3.05, 3.63) is 29.3 Å². The SMILES string of the molecule is CCCCNCC(C)Oc1cc(C)cc(C)c1. The number of hydrogen-bond donors (Lipinski definition) is 1. The molecule has 17 heavy (non-hydrogen) atoms. The number of nitrogens with one attached hydrogen (secondary N) is 1. The van der Waals surface area contributed by atoms with Gasteiger partial charge in [-0.2, -0.15) is 0 Å². The zero-order chi connectivity index (χ0) is 12.7. The van der Waals surface area contributed by atoms with Crippen LogP contribution in [0.4, 0.5) is 0 Å². The van der Waals surface area contributed by atoms with Crippen molar-refractivity contribution in [1.29, 1.82) is 0 Å². The van der Waals surface area contributed by atoms with Crippen molar-refractivity contribution in [3.8, 4) is 5.75 Å². The summed E-state index contributed by atoms with van der Waals surface area (Å²) in [4.78, 5) is 0. The van der Waals surface area contributed by atoms with Crippen molar-refractivity contribution in [2.24, 2.45) is 0 Å². The van der Waals surface area contributed by atoms with E-state index < -0.39 is 0 Å². The fraction of sp³-hybridized carbons (Fsp3) is 0.600. The molecule has 0 aromatic heterocycles. The Morgan fingerprint density at radius 2 is 1.82 bits per heavy atom. The van der Waals surface area contributed by atoms with Gasteiger partial charge >= 0.3 is 0 Å². The third kappa shape index (κ3) is 5.73. The predicted molar refractivity (Wildman–Crippen MR) is 73.8 cm³/mol. The standard InChI is InChI=1S/C15H25NO/c1-5-6-7-16-11-14(4)17-15-9-12(2)8-13(3)10-15/h8-10,14,16H,5-7,11H2,1-4H3. The lowest BCUT2D eigenvalue weighted by atomic mass is 10.1. The normalized spacial score (nSPS) is 12.5. The Labute approximate surface area is 105 Å². The van der Waals surface area contributed by atoms with Gasteiger partial charge < -0.3 is 10.1 Å². The molecule has 0 amide bonds. The minimum absolute atomic E-state index is 0.216. The summed E-state index contributed by atoms with van der Waals surface area (Å²) in [6, 6.07) is 6.35. The first kappa shape index (κ1) is 14.0. The van der Waals surface area contributed by atoms with Crippen molar-refractivity contribution in [2.75, 3.05) is 13.1 Å². The van der Waals surface area contributed by atoms with Crippen LogP contribution in [0.25, 0.3) is 0 Å². The van der Waals surface area contributed by atoms with Crippen LogP contribution in [0.2, 0.25) is 0 Å². The van der Waals surface area contributed by atoms with Gasteiger partial charge in [0, 0.05) is 6.54 Å². The van der Waals surface area contributed by atoms with E-state index in [0.717, 1.165) is 18.8 Å². The van der Waals surface area contributed by atoms with Crippen LogP contribution in [-0.2, 0) is 0 Å². The Morgan fingerprint density at radius 3 is 2.41 bits per heavy atom. The number of rotatable bonds is 7. The molecule has 0 aliphatic rings. The smallest absolute Gasteiger partial charge is 0.120 e. The Hall–Kier alpha value is -1.02. The molecule has 0 aliphatic heterocycles. The Bertz CT molecular complexity index is 315. The van der Waals surface area contributed by atoms with Crippen molar-refractivity contribution in [3.63, 3.8) is 0 Å². The molecule has 0 fully saturated rings. The number of benzene rings is 1. The highest BCUT2D eigenvalue weighted by atomic mass is 16.5. The Kier molecular flexibility index (Phi) is 6.06. The molecule has 1 aromatic rings. The largest absolute Gasteiger partial charge is 0.489 e.